The number of carbonyl (C=O) groups is 2. The summed E-state index contributed by atoms with van der Waals surface area (Å²) in [5.74, 6) is 0.783. The van der Waals surface area contributed by atoms with Crippen LogP contribution >= 0.6 is 0 Å². The highest BCUT2D eigenvalue weighted by Gasteiger charge is 2.46. The van der Waals surface area contributed by atoms with E-state index in [2.05, 4.69) is 5.32 Å². The highest BCUT2D eigenvalue weighted by atomic mass is 16.6. The number of carbonyl (C=O) groups excluding carboxylic acids is 2. The van der Waals surface area contributed by atoms with E-state index >= 15 is 0 Å². The number of benzene rings is 1. The Morgan fingerprint density at radius 1 is 1.37 bits per heavy atom. The summed E-state index contributed by atoms with van der Waals surface area (Å²) in [6.45, 7) is 3.02. The van der Waals surface area contributed by atoms with Gasteiger partial charge in [-0.25, -0.2) is 4.79 Å². The average molecular weight is 373 g/mol. The summed E-state index contributed by atoms with van der Waals surface area (Å²) in [5, 5.41) is 3.29. The summed E-state index contributed by atoms with van der Waals surface area (Å²) in [4.78, 5) is 28.8. The lowest BCUT2D eigenvalue weighted by atomic mass is 9.92. The molecular weight excluding hydrogens is 346 g/mol. The van der Waals surface area contributed by atoms with Crippen molar-refractivity contribution in [1.29, 1.82) is 0 Å². The summed E-state index contributed by atoms with van der Waals surface area (Å²) < 4.78 is 11.0. The minimum atomic E-state index is -0.417. The van der Waals surface area contributed by atoms with Gasteiger partial charge in [0.15, 0.2) is 0 Å². The van der Waals surface area contributed by atoms with Gasteiger partial charge in [0, 0.05) is 19.4 Å². The van der Waals surface area contributed by atoms with E-state index < -0.39 is 5.60 Å². The molecule has 0 aliphatic carbocycles. The molecule has 1 N–H and O–H groups in total. The Labute approximate surface area is 159 Å². The van der Waals surface area contributed by atoms with E-state index in [-0.39, 0.29) is 24.6 Å². The second-order valence-electron chi connectivity index (χ2n) is 7.68. The molecule has 3 saturated heterocycles. The molecule has 1 aromatic carbocycles. The van der Waals surface area contributed by atoms with Gasteiger partial charge in [-0.05, 0) is 43.6 Å². The largest absolute Gasteiger partial charge is 0.497 e. The Morgan fingerprint density at radius 2 is 2.19 bits per heavy atom. The summed E-state index contributed by atoms with van der Waals surface area (Å²) in [7, 11) is 1.65. The van der Waals surface area contributed by atoms with E-state index in [1.165, 1.54) is 0 Å². The minimum absolute atomic E-state index is 0.0109. The van der Waals surface area contributed by atoms with Crippen molar-refractivity contribution in [3.8, 4) is 5.75 Å². The van der Waals surface area contributed by atoms with Gasteiger partial charge in [0.1, 0.15) is 17.9 Å². The maximum absolute atomic E-state index is 13.0. The van der Waals surface area contributed by atoms with Gasteiger partial charge in [-0.15, -0.1) is 0 Å². The molecule has 3 aliphatic heterocycles. The van der Waals surface area contributed by atoms with Crippen molar-refractivity contribution in [1.82, 2.24) is 15.1 Å². The smallest absolute Gasteiger partial charge is 0.410 e. The molecule has 0 unspecified atom stereocenters. The van der Waals surface area contributed by atoms with Crippen molar-refractivity contribution in [2.24, 2.45) is 0 Å². The highest BCUT2D eigenvalue weighted by molar-refractivity contribution is 5.83. The van der Waals surface area contributed by atoms with Gasteiger partial charge in [0.25, 0.3) is 0 Å². The normalized spacial score (nSPS) is 24.3. The fourth-order valence-electron chi connectivity index (χ4n) is 4.47. The van der Waals surface area contributed by atoms with Crippen molar-refractivity contribution in [3.05, 3.63) is 29.8 Å². The molecular formula is C20H27N3O4. The van der Waals surface area contributed by atoms with Crippen LogP contribution in [0.15, 0.2) is 24.3 Å². The molecule has 4 rings (SSSR count). The molecule has 0 bridgehead atoms. The molecule has 0 radical (unpaired) electrons. The van der Waals surface area contributed by atoms with Crippen molar-refractivity contribution >= 4 is 12.0 Å². The Morgan fingerprint density at radius 3 is 2.96 bits per heavy atom. The number of nitrogens with one attached hydrogen (secondary N) is 1. The van der Waals surface area contributed by atoms with Gasteiger partial charge in [0.2, 0.25) is 5.91 Å². The predicted molar refractivity (Wildman–Crippen MR) is 99.6 cm³/mol. The number of methoxy groups -OCH3 is 1. The summed E-state index contributed by atoms with van der Waals surface area (Å²) >= 11 is 0. The number of hydrogen-bond acceptors (Lipinski definition) is 5. The minimum Gasteiger partial charge on any atom is -0.497 e. The quantitative estimate of drug-likeness (QED) is 0.873. The van der Waals surface area contributed by atoms with E-state index in [9.17, 15) is 9.59 Å². The van der Waals surface area contributed by atoms with Crippen LogP contribution < -0.4 is 10.1 Å². The Kier molecular flexibility index (Phi) is 4.95. The van der Waals surface area contributed by atoms with E-state index in [0.717, 1.165) is 56.6 Å². The number of piperidine rings is 1. The van der Waals surface area contributed by atoms with Gasteiger partial charge in [-0.3, -0.25) is 9.69 Å². The van der Waals surface area contributed by atoms with E-state index in [1.807, 2.05) is 29.2 Å². The SMILES string of the molecule is COc1cccc([C@@H]2CCCN2C(=O)CN2CC3(CCNCC3)OC2=O)c1. The fourth-order valence-corrected chi connectivity index (χ4v) is 4.47. The second-order valence-corrected chi connectivity index (χ2v) is 7.68. The number of ether oxygens (including phenoxy) is 2. The number of amides is 2. The molecule has 7 nitrogen and oxygen atoms in total. The van der Waals surface area contributed by atoms with Crippen LogP contribution in [0.3, 0.4) is 0 Å². The van der Waals surface area contributed by atoms with Gasteiger partial charge in [-0.2, -0.15) is 0 Å². The molecule has 146 valence electrons. The first-order valence-corrected chi connectivity index (χ1v) is 9.72. The van der Waals surface area contributed by atoms with Gasteiger partial charge >= 0.3 is 6.09 Å². The highest BCUT2D eigenvalue weighted by Crippen LogP contribution is 2.35. The van der Waals surface area contributed by atoms with Gasteiger partial charge < -0.3 is 19.7 Å². The van der Waals surface area contributed by atoms with Crippen molar-refractivity contribution in [2.45, 2.75) is 37.3 Å². The fraction of sp³-hybridized carbons (Fsp3) is 0.600. The van der Waals surface area contributed by atoms with Crippen molar-refractivity contribution in [3.63, 3.8) is 0 Å². The molecule has 7 heteroatoms. The molecule has 3 heterocycles. The number of hydrogen-bond donors (Lipinski definition) is 1. The Hall–Kier alpha value is -2.28. The van der Waals surface area contributed by atoms with Gasteiger partial charge in [0.05, 0.1) is 19.7 Å². The van der Waals surface area contributed by atoms with Crippen LogP contribution in [-0.4, -0.2) is 67.2 Å². The van der Waals surface area contributed by atoms with Crippen LogP contribution in [0.25, 0.3) is 0 Å². The molecule has 1 aromatic rings. The summed E-state index contributed by atoms with van der Waals surface area (Å²) in [6, 6.07) is 7.92. The molecule has 0 saturated carbocycles. The molecule has 3 aliphatic rings. The number of likely N-dealkylation sites (tertiary alicyclic amines) is 1. The maximum atomic E-state index is 13.0. The zero-order valence-corrected chi connectivity index (χ0v) is 15.8. The maximum Gasteiger partial charge on any atom is 0.410 e. The van der Waals surface area contributed by atoms with E-state index in [4.69, 9.17) is 9.47 Å². The molecule has 3 fully saturated rings. The first-order chi connectivity index (χ1) is 13.1. The summed E-state index contributed by atoms with van der Waals surface area (Å²) in [6.07, 6.45) is 3.15. The molecule has 0 aromatic heterocycles. The first kappa shape index (κ1) is 18.1. The molecule has 1 atom stereocenters. The Balaban J connectivity index is 1.43. The van der Waals surface area contributed by atoms with Gasteiger partial charge in [-0.1, -0.05) is 12.1 Å². The zero-order valence-electron chi connectivity index (χ0n) is 15.8. The second kappa shape index (κ2) is 7.38. The Bertz CT molecular complexity index is 717. The monoisotopic (exact) mass is 373 g/mol. The van der Waals surface area contributed by atoms with Crippen LogP contribution in [-0.2, 0) is 9.53 Å². The van der Waals surface area contributed by atoms with Crippen LogP contribution in [0.2, 0.25) is 0 Å². The topological polar surface area (TPSA) is 71.1 Å². The first-order valence-electron chi connectivity index (χ1n) is 9.72. The lowest BCUT2D eigenvalue weighted by Gasteiger charge is -2.31. The van der Waals surface area contributed by atoms with E-state index in [0.29, 0.717) is 6.54 Å². The predicted octanol–water partition coefficient (Wildman–Crippen LogP) is 1.93. The molecule has 27 heavy (non-hydrogen) atoms. The zero-order chi connectivity index (χ0) is 18.9. The van der Waals surface area contributed by atoms with Crippen molar-refractivity contribution in [2.75, 3.05) is 39.8 Å². The van der Waals surface area contributed by atoms with Crippen LogP contribution in [0, 0.1) is 0 Å². The standard InChI is InChI=1S/C20H27N3O4/c1-26-16-5-2-4-15(12-16)17-6-3-11-23(17)18(24)13-22-14-20(27-19(22)25)7-9-21-10-8-20/h2,4-5,12,17,21H,3,6-11,13-14H2,1H3/t17-/m0/s1. The molecule has 1 spiro atoms. The average Bonchev–Trinajstić information content (AvgIpc) is 3.28. The third-order valence-corrected chi connectivity index (χ3v) is 5.93. The number of rotatable bonds is 4. The number of nitrogens with zero attached hydrogens (tertiary/aromatic N) is 2. The summed E-state index contributed by atoms with van der Waals surface area (Å²) in [5.41, 5.74) is 0.666. The lowest BCUT2D eigenvalue weighted by Crippen LogP contribution is -2.46. The van der Waals surface area contributed by atoms with Crippen LogP contribution in [0.1, 0.15) is 37.3 Å². The third-order valence-electron chi connectivity index (χ3n) is 5.93. The third kappa shape index (κ3) is 3.60. The van der Waals surface area contributed by atoms with Crippen LogP contribution in [0.5, 0.6) is 5.75 Å². The van der Waals surface area contributed by atoms with Crippen molar-refractivity contribution < 1.29 is 19.1 Å². The lowest BCUT2D eigenvalue weighted by molar-refractivity contribution is -0.132. The van der Waals surface area contributed by atoms with Crippen LogP contribution in [0.4, 0.5) is 4.79 Å². The van der Waals surface area contributed by atoms with E-state index in [1.54, 1.807) is 12.0 Å². The molecule has 2 amide bonds.